The van der Waals surface area contributed by atoms with E-state index >= 15 is 0 Å². The van der Waals surface area contributed by atoms with Crippen LogP contribution in [0, 0.1) is 11.5 Å². The third-order valence-electron chi connectivity index (χ3n) is 2.13. The minimum absolute atomic E-state index is 0.341. The maximum Gasteiger partial charge on any atom is 0.179 e. The number of hydrogen-bond acceptors (Lipinski definition) is 2. The molecule has 0 amide bonds. The van der Waals surface area contributed by atoms with Gasteiger partial charge in [-0.3, -0.25) is 0 Å². The van der Waals surface area contributed by atoms with Crippen molar-refractivity contribution in [3.05, 3.63) is 12.2 Å². The number of nitriles is 1. The van der Waals surface area contributed by atoms with Crippen molar-refractivity contribution in [2.24, 2.45) is 0 Å². The first-order valence-corrected chi connectivity index (χ1v) is 5.03. The Balaban J connectivity index is 3.86. The molecule has 0 aliphatic heterocycles. The molecule has 0 bridgehead atoms. The Morgan fingerprint density at radius 3 is 2.69 bits per heavy atom. The minimum atomic E-state index is 0.341. The summed E-state index contributed by atoms with van der Waals surface area (Å²) in [5, 5.41) is 8.87. The van der Waals surface area contributed by atoms with Gasteiger partial charge in [-0.05, 0) is 26.7 Å². The Kier molecular flexibility index (Phi) is 7.10. The lowest BCUT2D eigenvalue weighted by Gasteiger charge is -2.21. The van der Waals surface area contributed by atoms with Gasteiger partial charge in [-0.15, -0.1) is 0 Å². The predicted molar refractivity (Wildman–Crippen MR) is 56.1 cm³/mol. The number of rotatable bonds is 6. The van der Waals surface area contributed by atoms with Crippen LogP contribution in [0.3, 0.4) is 0 Å². The van der Waals surface area contributed by atoms with Crippen molar-refractivity contribution >= 4 is 0 Å². The maximum atomic E-state index is 8.87. The van der Waals surface area contributed by atoms with Crippen molar-refractivity contribution in [1.29, 1.82) is 5.26 Å². The van der Waals surface area contributed by atoms with Gasteiger partial charge in [0.25, 0.3) is 0 Å². The molecule has 2 heteroatoms. The van der Waals surface area contributed by atoms with Crippen LogP contribution in [-0.2, 0) is 0 Å². The van der Waals surface area contributed by atoms with Crippen LogP contribution in [-0.4, -0.2) is 17.5 Å². The van der Waals surface area contributed by atoms with Crippen LogP contribution in [0.1, 0.15) is 40.0 Å². The third-order valence-corrected chi connectivity index (χ3v) is 2.13. The first kappa shape index (κ1) is 12.0. The van der Waals surface area contributed by atoms with E-state index in [1.54, 1.807) is 0 Å². The molecule has 1 unspecified atom stereocenters. The zero-order valence-corrected chi connectivity index (χ0v) is 8.95. The number of allylic oxidation sites excluding steroid dienone is 1. The van der Waals surface area contributed by atoms with E-state index in [0.29, 0.717) is 6.04 Å². The van der Waals surface area contributed by atoms with Crippen LogP contribution >= 0.6 is 0 Å². The van der Waals surface area contributed by atoms with Crippen LogP contribution in [0.15, 0.2) is 12.2 Å². The summed E-state index contributed by atoms with van der Waals surface area (Å²) in [5.41, 5.74) is 0. The van der Waals surface area contributed by atoms with E-state index in [4.69, 9.17) is 5.26 Å². The molecule has 0 spiro atoms. The Labute approximate surface area is 81.9 Å². The summed E-state index contributed by atoms with van der Waals surface area (Å²) in [5.74, 6) is 0. The summed E-state index contributed by atoms with van der Waals surface area (Å²) >= 11 is 0. The van der Waals surface area contributed by atoms with E-state index in [1.807, 2.05) is 17.9 Å². The maximum absolute atomic E-state index is 8.87. The van der Waals surface area contributed by atoms with E-state index in [0.717, 1.165) is 25.8 Å². The van der Waals surface area contributed by atoms with Gasteiger partial charge in [0.05, 0.1) is 0 Å². The fourth-order valence-corrected chi connectivity index (χ4v) is 1.16. The van der Waals surface area contributed by atoms with Crippen molar-refractivity contribution in [2.75, 3.05) is 6.54 Å². The fourth-order valence-electron chi connectivity index (χ4n) is 1.16. The number of unbranched alkanes of at least 4 members (excludes halogenated alkanes) is 1. The Morgan fingerprint density at radius 1 is 1.54 bits per heavy atom. The summed E-state index contributed by atoms with van der Waals surface area (Å²) in [4.78, 5) is 1.86. The molecule has 0 saturated heterocycles. The minimum Gasteiger partial charge on any atom is -0.308 e. The van der Waals surface area contributed by atoms with Crippen molar-refractivity contribution in [3.63, 3.8) is 0 Å². The molecular formula is C11H20N2. The molecule has 0 radical (unpaired) electrons. The highest BCUT2D eigenvalue weighted by molar-refractivity contribution is 4.87. The lowest BCUT2D eigenvalue weighted by Crippen LogP contribution is -2.28. The van der Waals surface area contributed by atoms with Gasteiger partial charge in [0.15, 0.2) is 6.19 Å². The van der Waals surface area contributed by atoms with Gasteiger partial charge in [-0.25, -0.2) is 0 Å². The predicted octanol–water partition coefficient (Wildman–Crippen LogP) is 2.92. The second kappa shape index (κ2) is 7.67. The van der Waals surface area contributed by atoms with Crippen LogP contribution in [0.4, 0.5) is 0 Å². The SMILES string of the molecule is CC=CCC(C)N(C#N)CCCC. The van der Waals surface area contributed by atoms with Crippen molar-refractivity contribution < 1.29 is 0 Å². The van der Waals surface area contributed by atoms with E-state index in [1.165, 1.54) is 0 Å². The summed E-state index contributed by atoms with van der Waals surface area (Å²) in [7, 11) is 0. The number of hydrogen-bond donors (Lipinski definition) is 0. The van der Waals surface area contributed by atoms with Crippen LogP contribution < -0.4 is 0 Å². The summed E-state index contributed by atoms with van der Waals surface area (Å²) < 4.78 is 0. The molecular weight excluding hydrogens is 160 g/mol. The molecule has 1 atom stereocenters. The molecule has 0 saturated carbocycles. The molecule has 2 nitrogen and oxygen atoms in total. The van der Waals surface area contributed by atoms with Gasteiger partial charge < -0.3 is 4.90 Å². The standard InChI is InChI=1S/C11H20N2/c1-4-6-8-11(3)13(10-12)9-7-5-2/h4,6,11H,5,7-9H2,1-3H3. The fraction of sp³-hybridized carbons (Fsp3) is 0.727. The van der Waals surface area contributed by atoms with Crippen molar-refractivity contribution in [2.45, 2.75) is 46.1 Å². The van der Waals surface area contributed by atoms with Crippen LogP contribution in [0.2, 0.25) is 0 Å². The van der Waals surface area contributed by atoms with Gasteiger partial charge in [-0.1, -0.05) is 25.5 Å². The molecule has 0 aliphatic rings. The van der Waals surface area contributed by atoms with Gasteiger partial charge in [0.1, 0.15) is 0 Å². The highest BCUT2D eigenvalue weighted by atomic mass is 15.1. The molecule has 13 heavy (non-hydrogen) atoms. The summed E-state index contributed by atoms with van der Waals surface area (Å²) in [6.07, 6.45) is 9.61. The molecule has 0 fully saturated rings. The quantitative estimate of drug-likeness (QED) is 0.357. The lowest BCUT2D eigenvalue weighted by molar-refractivity contribution is 0.303. The molecule has 0 aromatic carbocycles. The zero-order valence-electron chi connectivity index (χ0n) is 8.95. The molecule has 0 aliphatic carbocycles. The average molecular weight is 180 g/mol. The third kappa shape index (κ3) is 5.30. The highest BCUT2D eigenvalue weighted by Gasteiger charge is 2.08. The molecule has 0 heterocycles. The first-order valence-electron chi connectivity index (χ1n) is 5.03. The van der Waals surface area contributed by atoms with Crippen LogP contribution in [0.25, 0.3) is 0 Å². The molecule has 74 valence electrons. The average Bonchev–Trinajstić information content (AvgIpc) is 2.16. The van der Waals surface area contributed by atoms with E-state index in [2.05, 4.69) is 26.1 Å². The molecule has 0 rings (SSSR count). The number of nitrogens with zero attached hydrogens (tertiary/aromatic N) is 2. The Bertz CT molecular complexity index is 179. The van der Waals surface area contributed by atoms with Gasteiger partial charge >= 0.3 is 0 Å². The highest BCUT2D eigenvalue weighted by Crippen LogP contribution is 2.05. The van der Waals surface area contributed by atoms with E-state index < -0.39 is 0 Å². The summed E-state index contributed by atoms with van der Waals surface area (Å²) in [6, 6.07) is 0.341. The van der Waals surface area contributed by atoms with Gasteiger partial charge in [-0.2, -0.15) is 5.26 Å². The Morgan fingerprint density at radius 2 is 2.23 bits per heavy atom. The zero-order chi connectivity index (χ0) is 10.1. The van der Waals surface area contributed by atoms with Gasteiger partial charge in [0, 0.05) is 12.6 Å². The van der Waals surface area contributed by atoms with Crippen molar-refractivity contribution in [3.8, 4) is 6.19 Å². The largest absolute Gasteiger partial charge is 0.308 e. The lowest BCUT2D eigenvalue weighted by atomic mass is 10.2. The van der Waals surface area contributed by atoms with Crippen molar-refractivity contribution in [1.82, 2.24) is 4.90 Å². The monoisotopic (exact) mass is 180 g/mol. The van der Waals surface area contributed by atoms with Gasteiger partial charge in [0.2, 0.25) is 0 Å². The topological polar surface area (TPSA) is 27.0 Å². The first-order chi connectivity index (χ1) is 6.26. The van der Waals surface area contributed by atoms with Crippen LogP contribution in [0.5, 0.6) is 0 Å². The normalized spacial score (nSPS) is 12.8. The van der Waals surface area contributed by atoms with E-state index in [-0.39, 0.29) is 0 Å². The van der Waals surface area contributed by atoms with E-state index in [9.17, 15) is 0 Å². The molecule has 0 N–H and O–H groups in total. The molecule has 0 aromatic heterocycles. The smallest absolute Gasteiger partial charge is 0.179 e. The second-order valence-corrected chi connectivity index (χ2v) is 3.30. The Hall–Kier alpha value is -0.970. The second-order valence-electron chi connectivity index (χ2n) is 3.30. The summed E-state index contributed by atoms with van der Waals surface area (Å²) in [6.45, 7) is 7.15. The molecule has 0 aromatic rings.